The first kappa shape index (κ1) is 10.8. The summed E-state index contributed by atoms with van der Waals surface area (Å²) >= 11 is 0. The maximum absolute atomic E-state index is 8.84. The van der Waals surface area contributed by atoms with E-state index in [1.54, 1.807) is 6.92 Å². The molecule has 2 unspecified atom stereocenters. The molecule has 0 aromatic heterocycles. The Morgan fingerprint density at radius 2 is 2.09 bits per heavy atom. The van der Waals surface area contributed by atoms with Gasteiger partial charge in [-0.15, -0.1) is 0 Å². The van der Waals surface area contributed by atoms with Crippen LogP contribution in [0.2, 0.25) is 0 Å². The maximum atomic E-state index is 8.84. The van der Waals surface area contributed by atoms with Crippen LogP contribution in [0.1, 0.15) is 13.3 Å². The molecule has 0 aromatic carbocycles. The van der Waals surface area contributed by atoms with Crippen molar-refractivity contribution in [3.8, 4) is 0 Å². The second-order valence-corrected chi connectivity index (χ2v) is 2.78. The summed E-state index contributed by atoms with van der Waals surface area (Å²) in [5.74, 6) is 0. The van der Waals surface area contributed by atoms with Crippen molar-refractivity contribution in [2.45, 2.75) is 25.5 Å². The summed E-state index contributed by atoms with van der Waals surface area (Å²) < 4.78 is 0. The molecule has 4 nitrogen and oxygen atoms in total. The van der Waals surface area contributed by atoms with Crippen LogP contribution in [0, 0.1) is 0 Å². The number of rotatable bonds is 6. The number of hydrogen-bond donors (Lipinski definition) is 4. The minimum absolute atomic E-state index is 0.0150. The van der Waals surface area contributed by atoms with Crippen molar-refractivity contribution >= 4 is 0 Å². The largest absolute Gasteiger partial charge is 0.396 e. The first-order chi connectivity index (χ1) is 5.16. The molecular formula is C7H18N2O2. The third kappa shape index (κ3) is 7.74. The van der Waals surface area contributed by atoms with Gasteiger partial charge in [-0.3, -0.25) is 0 Å². The summed E-state index contributed by atoms with van der Waals surface area (Å²) in [5.41, 5.74) is 5.57. The van der Waals surface area contributed by atoms with Crippen LogP contribution < -0.4 is 11.1 Å². The molecule has 0 heterocycles. The number of aliphatic hydroxyl groups is 2. The molecule has 0 saturated carbocycles. The lowest BCUT2D eigenvalue weighted by Gasteiger charge is -2.11. The van der Waals surface area contributed by atoms with Gasteiger partial charge in [0, 0.05) is 25.7 Å². The van der Waals surface area contributed by atoms with Crippen LogP contribution in [-0.4, -0.2) is 42.1 Å². The molecule has 2 atom stereocenters. The first-order valence-electron chi connectivity index (χ1n) is 3.92. The standard InChI is InChI=1S/C7H18N2O2/c1-6(11)4-9-5-7(8)2-3-10/h6-7,9-11H,2-5,8H2,1H3. The number of nitrogens with one attached hydrogen (secondary N) is 1. The third-order valence-corrected chi connectivity index (χ3v) is 1.35. The van der Waals surface area contributed by atoms with E-state index in [1.807, 2.05) is 0 Å². The Morgan fingerprint density at radius 3 is 2.55 bits per heavy atom. The summed E-state index contributed by atoms with van der Waals surface area (Å²) in [6.45, 7) is 3.03. The maximum Gasteiger partial charge on any atom is 0.0636 e. The van der Waals surface area contributed by atoms with E-state index in [1.165, 1.54) is 0 Å². The van der Waals surface area contributed by atoms with E-state index in [-0.39, 0.29) is 18.8 Å². The van der Waals surface area contributed by atoms with Crippen molar-refractivity contribution in [1.29, 1.82) is 0 Å². The predicted octanol–water partition coefficient (Wildman–Crippen LogP) is -1.33. The Labute approximate surface area is 67.4 Å². The topological polar surface area (TPSA) is 78.5 Å². The molecule has 0 bridgehead atoms. The number of aliphatic hydroxyl groups excluding tert-OH is 2. The summed E-state index contributed by atoms with van der Waals surface area (Å²) in [4.78, 5) is 0. The lowest BCUT2D eigenvalue weighted by atomic mass is 10.2. The molecule has 0 saturated heterocycles. The lowest BCUT2D eigenvalue weighted by Crippen LogP contribution is -2.37. The van der Waals surface area contributed by atoms with E-state index in [4.69, 9.17) is 15.9 Å². The summed E-state index contributed by atoms with van der Waals surface area (Å²) in [5, 5.41) is 20.3. The van der Waals surface area contributed by atoms with Crippen molar-refractivity contribution in [1.82, 2.24) is 5.32 Å². The van der Waals surface area contributed by atoms with E-state index < -0.39 is 0 Å². The summed E-state index contributed by atoms with van der Waals surface area (Å²) in [6, 6.07) is -0.0150. The summed E-state index contributed by atoms with van der Waals surface area (Å²) in [6.07, 6.45) is 0.267. The van der Waals surface area contributed by atoms with Crippen molar-refractivity contribution in [2.24, 2.45) is 5.73 Å². The van der Waals surface area contributed by atoms with Crippen LogP contribution in [-0.2, 0) is 0 Å². The van der Waals surface area contributed by atoms with E-state index in [0.29, 0.717) is 19.5 Å². The highest BCUT2D eigenvalue weighted by Crippen LogP contribution is 1.83. The molecule has 68 valence electrons. The van der Waals surface area contributed by atoms with Gasteiger partial charge in [0.2, 0.25) is 0 Å². The van der Waals surface area contributed by atoms with Crippen LogP contribution in [0.4, 0.5) is 0 Å². The molecule has 4 heteroatoms. The second-order valence-electron chi connectivity index (χ2n) is 2.78. The van der Waals surface area contributed by atoms with E-state index in [0.717, 1.165) is 0 Å². The lowest BCUT2D eigenvalue weighted by molar-refractivity contribution is 0.189. The average Bonchev–Trinajstić information content (AvgIpc) is 1.87. The summed E-state index contributed by atoms with van der Waals surface area (Å²) in [7, 11) is 0. The minimum atomic E-state index is -0.337. The molecule has 5 N–H and O–H groups in total. The molecule has 0 aliphatic carbocycles. The second kappa shape index (κ2) is 6.54. The van der Waals surface area contributed by atoms with Crippen molar-refractivity contribution in [3.05, 3.63) is 0 Å². The average molecular weight is 162 g/mol. The third-order valence-electron chi connectivity index (χ3n) is 1.35. The molecule has 0 amide bonds. The van der Waals surface area contributed by atoms with Crippen LogP contribution in [0.3, 0.4) is 0 Å². The Morgan fingerprint density at radius 1 is 1.45 bits per heavy atom. The van der Waals surface area contributed by atoms with Gasteiger partial charge in [0.15, 0.2) is 0 Å². The quantitative estimate of drug-likeness (QED) is 0.390. The molecule has 0 spiro atoms. The van der Waals surface area contributed by atoms with Gasteiger partial charge in [0.25, 0.3) is 0 Å². The van der Waals surface area contributed by atoms with Crippen LogP contribution in [0.15, 0.2) is 0 Å². The Kier molecular flexibility index (Phi) is 6.45. The van der Waals surface area contributed by atoms with Crippen LogP contribution >= 0.6 is 0 Å². The van der Waals surface area contributed by atoms with E-state index in [2.05, 4.69) is 5.32 Å². The Hall–Kier alpha value is -0.160. The van der Waals surface area contributed by atoms with Crippen molar-refractivity contribution < 1.29 is 10.2 Å². The normalized spacial score (nSPS) is 16.4. The first-order valence-corrected chi connectivity index (χ1v) is 3.92. The Bertz CT molecular complexity index is 88.5. The highest BCUT2D eigenvalue weighted by molar-refractivity contribution is 4.64. The van der Waals surface area contributed by atoms with Gasteiger partial charge < -0.3 is 21.3 Å². The van der Waals surface area contributed by atoms with Crippen molar-refractivity contribution in [2.75, 3.05) is 19.7 Å². The van der Waals surface area contributed by atoms with Gasteiger partial charge >= 0.3 is 0 Å². The zero-order valence-corrected chi connectivity index (χ0v) is 6.95. The molecule has 0 radical (unpaired) electrons. The molecular weight excluding hydrogens is 144 g/mol. The Balaban J connectivity index is 3.10. The molecule has 0 aliphatic rings. The molecule has 11 heavy (non-hydrogen) atoms. The number of hydrogen-bond acceptors (Lipinski definition) is 4. The predicted molar refractivity (Wildman–Crippen MR) is 44.2 cm³/mol. The van der Waals surface area contributed by atoms with E-state index >= 15 is 0 Å². The zero-order chi connectivity index (χ0) is 8.69. The van der Waals surface area contributed by atoms with Gasteiger partial charge in [-0.05, 0) is 13.3 Å². The van der Waals surface area contributed by atoms with Gasteiger partial charge in [0.05, 0.1) is 6.10 Å². The molecule has 0 aromatic rings. The fraction of sp³-hybridized carbons (Fsp3) is 1.00. The van der Waals surface area contributed by atoms with Gasteiger partial charge in [-0.1, -0.05) is 0 Å². The van der Waals surface area contributed by atoms with Gasteiger partial charge in [0.1, 0.15) is 0 Å². The zero-order valence-electron chi connectivity index (χ0n) is 6.95. The highest BCUT2D eigenvalue weighted by Gasteiger charge is 2.00. The molecule has 0 rings (SSSR count). The van der Waals surface area contributed by atoms with Crippen LogP contribution in [0.25, 0.3) is 0 Å². The SMILES string of the molecule is CC(O)CNCC(N)CCO. The fourth-order valence-corrected chi connectivity index (χ4v) is 0.746. The minimum Gasteiger partial charge on any atom is -0.396 e. The van der Waals surface area contributed by atoms with Gasteiger partial charge in [-0.25, -0.2) is 0 Å². The molecule has 0 fully saturated rings. The smallest absolute Gasteiger partial charge is 0.0636 e. The van der Waals surface area contributed by atoms with E-state index in [9.17, 15) is 0 Å². The van der Waals surface area contributed by atoms with Crippen LogP contribution in [0.5, 0.6) is 0 Å². The monoisotopic (exact) mass is 162 g/mol. The highest BCUT2D eigenvalue weighted by atomic mass is 16.3. The number of nitrogens with two attached hydrogens (primary N) is 1. The fourth-order valence-electron chi connectivity index (χ4n) is 0.746. The molecule has 0 aliphatic heterocycles. The van der Waals surface area contributed by atoms with Crippen molar-refractivity contribution in [3.63, 3.8) is 0 Å². The van der Waals surface area contributed by atoms with Gasteiger partial charge in [-0.2, -0.15) is 0 Å².